The van der Waals surface area contributed by atoms with E-state index in [1.807, 2.05) is 20.3 Å². The van der Waals surface area contributed by atoms with Crippen molar-refractivity contribution >= 4 is 29.1 Å². The molecule has 3 nitrogen and oxygen atoms in total. The van der Waals surface area contributed by atoms with Crippen molar-refractivity contribution < 1.29 is 0 Å². The Morgan fingerprint density at radius 3 is 2.85 bits per heavy atom. The number of likely N-dealkylation sites (N-methyl/N-ethyl adjacent to an activating group) is 1. The molecule has 0 radical (unpaired) electrons. The third-order valence-corrected chi connectivity index (χ3v) is 3.32. The molecule has 1 heterocycles. The molecule has 5 heteroatoms. The predicted octanol–water partition coefficient (Wildman–Crippen LogP) is 1.25. The summed E-state index contributed by atoms with van der Waals surface area (Å²) < 4.78 is 0. The van der Waals surface area contributed by atoms with E-state index in [4.69, 9.17) is 0 Å². The number of nitrogens with one attached hydrogen (secondary N) is 2. The molecule has 0 unspecified atom stereocenters. The monoisotopic (exact) mass is 217 g/mol. The standard InChI is InChI=1S/C8H15N3S2/c1-9-6(5-12)3-7-4-11-8(10-2)13-7/h4,6,9,12H,3,5H2,1-2H3,(H,10,11)/t6-/m1/s1. The molecule has 2 N–H and O–H groups in total. The van der Waals surface area contributed by atoms with Crippen LogP contribution in [0.4, 0.5) is 5.13 Å². The normalized spacial score (nSPS) is 12.8. The molecule has 1 rings (SSSR count). The second-order valence-corrected chi connectivity index (χ2v) is 4.23. The topological polar surface area (TPSA) is 37.0 Å². The highest BCUT2D eigenvalue weighted by Gasteiger charge is 2.07. The van der Waals surface area contributed by atoms with Crippen molar-refractivity contribution in [3.8, 4) is 0 Å². The third kappa shape index (κ3) is 3.17. The van der Waals surface area contributed by atoms with Gasteiger partial charge in [0, 0.05) is 29.9 Å². The Balaban J connectivity index is 2.52. The Kier molecular flexibility index (Phi) is 4.55. The average Bonchev–Trinajstić information content (AvgIpc) is 2.61. The summed E-state index contributed by atoms with van der Waals surface area (Å²) in [4.78, 5) is 5.50. The Bertz CT molecular complexity index is 245. The van der Waals surface area contributed by atoms with Gasteiger partial charge in [0.1, 0.15) is 0 Å². The fraction of sp³-hybridized carbons (Fsp3) is 0.625. The largest absolute Gasteiger partial charge is 0.365 e. The molecule has 74 valence electrons. The predicted molar refractivity (Wildman–Crippen MR) is 62.1 cm³/mol. The fourth-order valence-corrected chi connectivity index (χ4v) is 2.18. The highest BCUT2D eigenvalue weighted by molar-refractivity contribution is 7.80. The molecule has 0 amide bonds. The van der Waals surface area contributed by atoms with E-state index in [2.05, 4.69) is 28.2 Å². The first-order valence-electron chi connectivity index (χ1n) is 4.20. The van der Waals surface area contributed by atoms with Gasteiger partial charge < -0.3 is 10.6 Å². The highest BCUT2D eigenvalue weighted by Crippen LogP contribution is 2.18. The van der Waals surface area contributed by atoms with Crippen molar-refractivity contribution in [3.63, 3.8) is 0 Å². The summed E-state index contributed by atoms with van der Waals surface area (Å²) in [7, 11) is 3.84. The fourth-order valence-electron chi connectivity index (χ4n) is 1.02. The van der Waals surface area contributed by atoms with Crippen LogP contribution in [0.2, 0.25) is 0 Å². The number of thiazole rings is 1. The quantitative estimate of drug-likeness (QED) is 0.650. The first-order valence-corrected chi connectivity index (χ1v) is 5.65. The van der Waals surface area contributed by atoms with E-state index < -0.39 is 0 Å². The Morgan fingerprint density at radius 1 is 1.62 bits per heavy atom. The van der Waals surface area contributed by atoms with E-state index in [9.17, 15) is 0 Å². The van der Waals surface area contributed by atoms with Gasteiger partial charge in [-0.1, -0.05) is 0 Å². The first kappa shape index (κ1) is 10.8. The molecule has 0 aromatic carbocycles. The maximum atomic E-state index is 4.26. The molecule has 0 aliphatic rings. The Hall–Kier alpha value is -0.260. The summed E-state index contributed by atoms with van der Waals surface area (Å²) in [5.41, 5.74) is 0. The van der Waals surface area contributed by atoms with Gasteiger partial charge in [-0.25, -0.2) is 4.98 Å². The zero-order valence-electron chi connectivity index (χ0n) is 7.87. The van der Waals surface area contributed by atoms with Crippen LogP contribution >= 0.6 is 24.0 Å². The van der Waals surface area contributed by atoms with Crippen LogP contribution in [0.1, 0.15) is 4.88 Å². The minimum atomic E-state index is 0.438. The van der Waals surface area contributed by atoms with Gasteiger partial charge in [-0.05, 0) is 13.5 Å². The second-order valence-electron chi connectivity index (χ2n) is 2.75. The Labute approximate surface area is 88.4 Å². The maximum Gasteiger partial charge on any atom is 0.182 e. The molecule has 0 aliphatic carbocycles. The lowest BCUT2D eigenvalue weighted by molar-refractivity contribution is 0.622. The lowest BCUT2D eigenvalue weighted by atomic mass is 10.2. The van der Waals surface area contributed by atoms with E-state index >= 15 is 0 Å². The smallest absolute Gasteiger partial charge is 0.182 e. The average molecular weight is 217 g/mol. The zero-order chi connectivity index (χ0) is 9.68. The van der Waals surface area contributed by atoms with Crippen LogP contribution in [0.15, 0.2) is 6.20 Å². The minimum absolute atomic E-state index is 0.438. The van der Waals surface area contributed by atoms with E-state index in [1.54, 1.807) is 11.3 Å². The molecular formula is C8H15N3S2. The molecule has 1 aromatic heterocycles. The lowest BCUT2D eigenvalue weighted by Crippen LogP contribution is -2.28. The van der Waals surface area contributed by atoms with Gasteiger partial charge in [0.25, 0.3) is 0 Å². The minimum Gasteiger partial charge on any atom is -0.365 e. The third-order valence-electron chi connectivity index (χ3n) is 1.84. The molecule has 0 spiro atoms. The molecule has 0 saturated carbocycles. The van der Waals surface area contributed by atoms with Gasteiger partial charge in [-0.15, -0.1) is 11.3 Å². The SMILES string of the molecule is CNc1ncc(C[C@H](CS)NC)s1. The Morgan fingerprint density at radius 2 is 2.38 bits per heavy atom. The zero-order valence-corrected chi connectivity index (χ0v) is 9.58. The van der Waals surface area contributed by atoms with E-state index in [0.29, 0.717) is 6.04 Å². The van der Waals surface area contributed by atoms with Crippen molar-refractivity contribution in [3.05, 3.63) is 11.1 Å². The number of thiol groups is 1. The van der Waals surface area contributed by atoms with Gasteiger partial charge in [0.15, 0.2) is 5.13 Å². The van der Waals surface area contributed by atoms with Gasteiger partial charge in [0.2, 0.25) is 0 Å². The van der Waals surface area contributed by atoms with Crippen molar-refractivity contribution in [1.29, 1.82) is 0 Å². The van der Waals surface area contributed by atoms with Crippen molar-refractivity contribution in [2.45, 2.75) is 12.5 Å². The van der Waals surface area contributed by atoms with E-state index in [0.717, 1.165) is 17.3 Å². The van der Waals surface area contributed by atoms with Gasteiger partial charge >= 0.3 is 0 Å². The molecule has 1 atom stereocenters. The molecule has 13 heavy (non-hydrogen) atoms. The number of anilines is 1. The molecule has 0 saturated heterocycles. The van der Waals surface area contributed by atoms with Crippen molar-refractivity contribution in [2.24, 2.45) is 0 Å². The van der Waals surface area contributed by atoms with Crippen LogP contribution in [0.3, 0.4) is 0 Å². The van der Waals surface area contributed by atoms with Crippen molar-refractivity contribution in [2.75, 3.05) is 25.2 Å². The van der Waals surface area contributed by atoms with Gasteiger partial charge in [0.05, 0.1) is 0 Å². The van der Waals surface area contributed by atoms with E-state index in [-0.39, 0.29) is 0 Å². The second kappa shape index (κ2) is 5.47. The number of aromatic nitrogens is 1. The molecule has 1 aromatic rings. The van der Waals surface area contributed by atoms with Gasteiger partial charge in [-0.3, -0.25) is 0 Å². The van der Waals surface area contributed by atoms with Crippen LogP contribution in [0.25, 0.3) is 0 Å². The number of nitrogens with zero attached hydrogens (tertiary/aromatic N) is 1. The molecular weight excluding hydrogens is 202 g/mol. The molecule has 0 aliphatic heterocycles. The van der Waals surface area contributed by atoms with Gasteiger partial charge in [-0.2, -0.15) is 12.6 Å². The van der Waals surface area contributed by atoms with Crippen LogP contribution < -0.4 is 10.6 Å². The summed E-state index contributed by atoms with van der Waals surface area (Å²) in [6.07, 6.45) is 2.92. The number of rotatable bonds is 5. The van der Waals surface area contributed by atoms with Crippen LogP contribution in [-0.2, 0) is 6.42 Å². The van der Waals surface area contributed by atoms with Crippen LogP contribution in [-0.4, -0.2) is 30.9 Å². The number of hydrogen-bond acceptors (Lipinski definition) is 5. The highest BCUT2D eigenvalue weighted by atomic mass is 32.1. The maximum absolute atomic E-state index is 4.26. The first-order chi connectivity index (χ1) is 6.30. The summed E-state index contributed by atoms with van der Waals surface area (Å²) in [6, 6.07) is 0.438. The van der Waals surface area contributed by atoms with E-state index in [1.165, 1.54) is 4.88 Å². The summed E-state index contributed by atoms with van der Waals surface area (Å²) in [5, 5.41) is 7.21. The van der Waals surface area contributed by atoms with Crippen LogP contribution in [0, 0.1) is 0 Å². The lowest BCUT2D eigenvalue weighted by Gasteiger charge is -2.10. The summed E-state index contributed by atoms with van der Waals surface area (Å²) in [6.45, 7) is 0. The summed E-state index contributed by atoms with van der Waals surface area (Å²) in [5.74, 6) is 0.850. The summed E-state index contributed by atoms with van der Waals surface area (Å²) >= 11 is 5.96. The molecule has 0 fully saturated rings. The van der Waals surface area contributed by atoms with Crippen LogP contribution in [0.5, 0.6) is 0 Å². The van der Waals surface area contributed by atoms with Crippen molar-refractivity contribution in [1.82, 2.24) is 10.3 Å². The number of hydrogen-bond donors (Lipinski definition) is 3. The molecule has 0 bridgehead atoms.